The summed E-state index contributed by atoms with van der Waals surface area (Å²) in [5.41, 5.74) is 1.46. The molecule has 0 bridgehead atoms. The molecule has 0 saturated heterocycles. The molecular formula is C8H6N2O. The first-order chi connectivity index (χ1) is 5.38. The van der Waals surface area contributed by atoms with E-state index >= 15 is 0 Å². The van der Waals surface area contributed by atoms with Crippen molar-refractivity contribution >= 4 is 12.1 Å². The maximum Gasteiger partial charge on any atom is 0.295 e. The summed E-state index contributed by atoms with van der Waals surface area (Å²) in [4.78, 5) is 18.6. The quantitative estimate of drug-likeness (QED) is 0.544. The Hall–Kier alpha value is -1.51. The van der Waals surface area contributed by atoms with E-state index in [0.29, 0.717) is 5.69 Å². The molecule has 3 nitrogen and oxygen atoms in total. The van der Waals surface area contributed by atoms with Crippen molar-refractivity contribution in [2.45, 2.75) is 6.42 Å². The van der Waals surface area contributed by atoms with Crippen LogP contribution in [0.25, 0.3) is 0 Å². The van der Waals surface area contributed by atoms with E-state index in [4.69, 9.17) is 0 Å². The standard InChI is InChI=1S/C8H6N2O/c11-8-7-6(3-5-10-8)2-1-4-9-7/h1-2,4-5H,3H2. The number of hydrogen-bond acceptors (Lipinski definition) is 2. The number of aliphatic imine (C=N–C) groups is 1. The van der Waals surface area contributed by atoms with Crippen LogP contribution in [-0.2, 0) is 6.42 Å². The molecule has 0 spiro atoms. The molecule has 3 heteroatoms. The van der Waals surface area contributed by atoms with E-state index in [2.05, 4.69) is 9.98 Å². The van der Waals surface area contributed by atoms with Crippen molar-refractivity contribution in [3.8, 4) is 0 Å². The molecule has 0 saturated carbocycles. The van der Waals surface area contributed by atoms with Crippen LogP contribution in [0, 0.1) is 0 Å². The number of rotatable bonds is 0. The number of aromatic nitrogens is 1. The van der Waals surface area contributed by atoms with Gasteiger partial charge < -0.3 is 0 Å². The average Bonchev–Trinajstić information content (AvgIpc) is 2.06. The second-order valence-electron chi connectivity index (χ2n) is 2.33. The molecule has 1 aromatic heterocycles. The van der Waals surface area contributed by atoms with E-state index in [9.17, 15) is 4.79 Å². The summed E-state index contributed by atoms with van der Waals surface area (Å²) in [5, 5.41) is 0. The Balaban J connectivity index is 2.59. The third-order valence-electron chi connectivity index (χ3n) is 1.61. The largest absolute Gasteiger partial charge is 0.295 e. The number of carbonyl (C=O) groups is 1. The summed E-state index contributed by atoms with van der Waals surface area (Å²) in [5.74, 6) is -0.230. The van der Waals surface area contributed by atoms with Crippen LogP contribution in [0.15, 0.2) is 23.3 Å². The van der Waals surface area contributed by atoms with Gasteiger partial charge in [-0.3, -0.25) is 9.78 Å². The van der Waals surface area contributed by atoms with Crippen molar-refractivity contribution in [3.05, 3.63) is 29.6 Å². The third kappa shape index (κ3) is 0.941. The molecule has 1 aromatic rings. The van der Waals surface area contributed by atoms with Gasteiger partial charge in [0.15, 0.2) is 0 Å². The number of hydrogen-bond donors (Lipinski definition) is 0. The SMILES string of the molecule is O=C1N=CCc2cccnc21. The van der Waals surface area contributed by atoms with Crippen LogP contribution in [0.3, 0.4) is 0 Å². The highest BCUT2D eigenvalue weighted by Crippen LogP contribution is 2.10. The normalized spacial score (nSPS) is 14.7. The lowest BCUT2D eigenvalue weighted by molar-refractivity contribution is 0.0996. The van der Waals surface area contributed by atoms with Crippen molar-refractivity contribution in [2.75, 3.05) is 0 Å². The number of fused-ring (bicyclic) bond motifs is 1. The van der Waals surface area contributed by atoms with Gasteiger partial charge in [-0.15, -0.1) is 0 Å². The lowest BCUT2D eigenvalue weighted by Gasteiger charge is -2.05. The predicted molar refractivity (Wildman–Crippen MR) is 40.8 cm³/mol. The second-order valence-corrected chi connectivity index (χ2v) is 2.33. The van der Waals surface area contributed by atoms with Gasteiger partial charge in [0.05, 0.1) is 0 Å². The lowest BCUT2D eigenvalue weighted by Crippen LogP contribution is -2.09. The first kappa shape index (κ1) is 6.22. The smallest absolute Gasteiger partial charge is 0.265 e. The molecule has 0 atom stereocenters. The minimum Gasteiger partial charge on any atom is -0.265 e. The first-order valence-corrected chi connectivity index (χ1v) is 3.38. The molecule has 0 unspecified atom stereocenters. The third-order valence-corrected chi connectivity index (χ3v) is 1.61. The molecule has 1 aliphatic heterocycles. The lowest BCUT2D eigenvalue weighted by atomic mass is 10.1. The Morgan fingerprint density at radius 1 is 1.45 bits per heavy atom. The molecule has 2 rings (SSSR count). The summed E-state index contributed by atoms with van der Waals surface area (Å²) >= 11 is 0. The van der Waals surface area contributed by atoms with Crippen molar-refractivity contribution < 1.29 is 4.79 Å². The van der Waals surface area contributed by atoms with Gasteiger partial charge in [0.25, 0.3) is 5.91 Å². The zero-order valence-electron chi connectivity index (χ0n) is 5.82. The van der Waals surface area contributed by atoms with Gasteiger partial charge in [-0.2, -0.15) is 0 Å². The van der Waals surface area contributed by atoms with Crippen molar-refractivity contribution in [2.24, 2.45) is 4.99 Å². The molecule has 11 heavy (non-hydrogen) atoms. The number of amides is 1. The zero-order valence-corrected chi connectivity index (χ0v) is 5.82. The molecule has 2 heterocycles. The van der Waals surface area contributed by atoms with E-state index in [-0.39, 0.29) is 5.91 Å². The summed E-state index contributed by atoms with van der Waals surface area (Å²) < 4.78 is 0. The molecule has 0 fully saturated rings. The highest BCUT2D eigenvalue weighted by Gasteiger charge is 2.13. The van der Waals surface area contributed by atoms with E-state index in [0.717, 1.165) is 12.0 Å². The van der Waals surface area contributed by atoms with Crippen LogP contribution in [0.2, 0.25) is 0 Å². The van der Waals surface area contributed by atoms with E-state index in [1.54, 1.807) is 12.4 Å². The fraction of sp³-hybridized carbons (Fsp3) is 0.125. The van der Waals surface area contributed by atoms with Crippen molar-refractivity contribution in [3.63, 3.8) is 0 Å². The van der Waals surface area contributed by atoms with Crippen LogP contribution in [0.1, 0.15) is 16.1 Å². The highest BCUT2D eigenvalue weighted by molar-refractivity contribution is 6.01. The fourth-order valence-electron chi connectivity index (χ4n) is 1.08. The summed E-state index contributed by atoms with van der Waals surface area (Å²) in [6.45, 7) is 0. The van der Waals surface area contributed by atoms with Gasteiger partial charge in [0.1, 0.15) is 5.69 Å². The molecule has 0 aliphatic carbocycles. The molecule has 54 valence electrons. The van der Waals surface area contributed by atoms with Gasteiger partial charge in [0.2, 0.25) is 0 Å². The maximum atomic E-state index is 11.0. The number of nitrogens with zero attached hydrogens (tertiary/aromatic N) is 2. The minimum absolute atomic E-state index is 0.230. The predicted octanol–water partition coefficient (Wildman–Crippen LogP) is 0.849. The molecular weight excluding hydrogens is 140 g/mol. The maximum absolute atomic E-state index is 11.0. The summed E-state index contributed by atoms with van der Waals surface area (Å²) in [6.07, 6.45) is 3.94. The summed E-state index contributed by atoms with van der Waals surface area (Å²) in [6, 6.07) is 3.72. The van der Waals surface area contributed by atoms with Crippen LogP contribution in [-0.4, -0.2) is 17.1 Å². The molecule has 1 aliphatic rings. The fourth-order valence-corrected chi connectivity index (χ4v) is 1.08. The topological polar surface area (TPSA) is 42.3 Å². The van der Waals surface area contributed by atoms with Crippen LogP contribution < -0.4 is 0 Å². The van der Waals surface area contributed by atoms with Gasteiger partial charge in [-0.05, 0) is 11.6 Å². The van der Waals surface area contributed by atoms with Crippen LogP contribution in [0.4, 0.5) is 0 Å². The van der Waals surface area contributed by atoms with Crippen molar-refractivity contribution in [1.82, 2.24) is 4.98 Å². The van der Waals surface area contributed by atoms with Gasteiger partial charge in [-0.25, -0.2) is 4.99 Å². The Labute approximate surface area is 63.8 Å². The van der Waals surface area contributed by atoms with Gasteiger partial charge >= 0.3 is 0 Å². The van der Waals surface area contributed by atoms with E-state index in [1.807, 2.05) is 12.1 Å². The van der Waals surface area contributed by atoms with Crippen LogP contribution >= 0.6 is 0 Å². The first-order valence-electron chi connectivity index (χ1n) is 3.38. The number of pyridine rings is 1. The van der Waals surface area contributed by atoms with E-state index < -0.39 is 0 Å². The number of carbonyl (C=O) groups excluding carboxylic acids is 1. The second kappa shape index (κ2) is 2.27. The zero-order chi connectivity index (χ0) is 7.68. The highest BCUT2D eigenvalue weighted by atomic mass is 16.1. The Bertz CT molecular complexity index is 331. The van der Waals surface area contributed by atoms with Crippen molar-refractivity contribution in [1.29, 1.82) is 0 Å². The Kier molecular flexibility index (Phi) is 1.28. The molecule has 0 radical (unpaired) electrons. The average molecular weight is 146 g/mol. The Morgan fingerprint density at radius 2 is 2.36 bits per heavy atom. The summed E-state index contributed by atoms with van der Waals surface area (Å²) in [7, 11) is 0. The Morgan fingerprint density at radius 3 is 3.18 bits per heavy atom. The molecule has 1 amide bonds. The minimum atomic E-state index is -0.230. The van der Waals surface area contributed by atoms with E-state index in [1.165, 1.54) is 0 Å². The molecule has 0 aromatic carbocycles. The molecule has 0 N–H and O–H groups in total. The van der Waals surface area contributed by atoms with Gasteiger partial charge in [-0.1, -0.05) is 6.07 Å². The van der Waals surface area contributed by atoms with Crippen LogP contribution in [0.5, 0.6) is 0 Å². The van der Waals surface area contributed by atoms with Gasteiger partial charge in [0, 0.05) is 18.8 Å². The monoisotopic (exact) mass is 146 g/mol.